The molecule has 6 heteroatoms. The predicted molar refractivity (Wildman–Crippen MR) is 83.0 cm³/mol. The Hall–Kier alpha value is -0.810. The number of thiophene rings is 1. The van der Waals surface area contributed by atoms with Gasteiger partial charge in [0, 0.05) is 28.2 Å². The second kappa shape index (κ2) is 5.53. The topological polar surface area (TPSA) is 40.5 Å². The zero-order valence-corrected chi connectivity index (χ0v) is 12.9. The van der Waals surface area contributed by atoms with Crippen LogP contribution in [0.4, 0.5) is 0 Å². The first kappa shape index (κ1) is 14.1. The molecule has 0 bridgehead atoms. The van der Waals surface area contributed by atoms with E-state index in [9.17, 15) is 9.90 Å². The normalized spacial score (nSPS) is 19.6. The SMILES string of the molecule is O=C(c1sc2cc(Cl)ccc2c1Cl)N1CCCC(O)C1. The highest BCUT2D eigenvalue weighted by molar-refractivity contribution is 7.21. The monoisotopic (exact) mass is 329 g/mol. The van der Waals surface area contributed by atoms with E-state index in [4.69, 9.17) is 23.2 Å². The fourth-order valence-electron chi connectivity index (χ4n) is 2.46. The van der Waals surface area contributed by atoms with Crippen LogP contribution in [0.2, 0.25) is 10.0 Å². The van der Waals surface area contributed by atoms with Gasteiger partial charge < -0.3 is 10.0 Å². The molecule has 1 aliphatic heterocycles. The van der Waals surface area contributed by atoms with Crippen LogP contribution in [0.15, 0.2) is 18.2 Å². The number of rotatable bonds is 1. The van der Waals surface area contributed by atoms with Gasteiger partial charge in [-0.2, -0.15) is 0 Å². The summed E-state index contributed by atoms with van der Waals surface area (Å²) in [6.45, 7) is 1.05. The number of β-amino-alcohol motifs (C(OH)–C–C–N with tert-alkyl or cyclic N) is 1. The van der Waals surface area contributed by atoms with Gasteiger partial charge in [0.1, 0.15) is 4.88 Å². The summed E-state index contributed by atoms with van der Waals surface area (Å²) >= 11 is 13.6. The molecule has 2 aromatic rings. The number of hydrogen-bond donors (Lipinski definition) is 1. The molecule has 1 amide bonds. The fraction of sp³-hybridized carbons (Fsp3) is 0.357. The Morgan fingerprint density at radius 2 is 2.20 bits per heavy atom. The molecule has 1 saturated heterocycles. The highest BCUT2D eigenvalue weighted by Gasteiger charge is 2.26. The smallest absolute Gasteiger partial charge is 0.265 e. The lowest BCUT2D eigenvalue weighted by molar-refractivity contribution is 0.0478. The van der Waals surface area contributed by atoms with E-state index in [1.54, 1.807) is 11.0 Å². The number of aliphatic hydroxyl groups is 1. The van der Waals surface area contributed by atoms with Gasteiger partial charge in [0.05, 0.1) is 11.1 Å². The van der Waals surface area contributed by atoms with E-state index in [0.717, 1.165) is 22.9 Å². The number of piperidine rings is 1. The molecule has 2 heterocycles. The van der Waals surface area contributed by atoms with Crippen molar-refractivity contribution >= 4 is 50.5 Å². The second-order valence-electron chi connectivity index (χ2n) is 4.93. The first-order valence-electron chi connectivity index (χ1n) is 6.41. The number of fused-ring (bicyclic) bond motifs is 1. The maximum atomic E-state index is 12.5. The molecule has 0 radical (unpaired) electrons. The Bertz CT molecular complexity index is 670. The van der Waals surface area contributed by atoms with Gasteiger partial charge in [-0.05, 0) is 25.0 Å². The molecule has 0 spiro atoms. The van der Waals surface area contributed by atoms with Crippen molar-refractivity contribution in [1.82, 2.24) is 4.90 Å². The van der Waals surface area contributed by atoms with Crippen molar-refractivity contribution in [2.45, 2.75) is 18.9 Å². The number of hydrogen-bond acceptors (Lipinski definition) is 3. The summed E-state index contributed by atoms with van der Waals surface area (Å²) in [6.07, 6.45) is 1.14. The molecule has 20 heavy (non-hydrogen) atoms. The van der Waals surface area contributed by atoms with E-state index >= 15 is 0 Å². The quantitative estimate of drug-likeness (QED) is 0.864. The molecule has 1 aliphatic rings. The minimum Gasteiger partial charge on any atom is -0.391 e. The van der Waals surface area contributed by atoms with Gasteiger partial charge in [0.15, 0.2) is 0 Å². The van der Waals surface area contributed by atoms with Crippen LogP contribution < -0.4 is 0 Å². The van der Waals surface area contributed by atoms with Crippen molar-refractivity contribution < 1.29 is 9.90 Å². The third kappa shape index (κ3) is 2.53. The van der Waals surface area contributed by atoms with E-state index in [0.29, 0.717) is 28.0 Å². The molecule has 1 fully saturated rings. The first-order chi connectivity index (χ1) is 9.56. The number of amides is 1. The van der Waals surface area contributed by atoms with Crippen molar-refractivity contribution in [2.24, 2.45) is 0 Å². The summed E-state index contributed by atoms with van der Waals surface area (Å²) < 4.78 is 0.906. The summed E-state index contributed by atoms with van der Waals surface area (Å²) in [7, 11) is 0. The second-order valence-corrected chi connectivity index (χ2v) is 6.80. The first-order valence-corrected chi connectivity index (χ1v) is 7.98. The van der Waals surface area contributed by atoms with Crippen LogP contribution in [0.3, 0.4) is 0 Å². The molecule has 106 valence electrons. The third-order valence-corrected chi connectivity index (χ3v) is 5.35. The van der Waals surface area contributed by atoms with Crippen LogP contribution in [-0.2, 0) is 0 Å². The minimum absolute atomic E-state index is 0.105. The molecule has 1 atom stereocenters. The fourth-order valence-corrected chi connectivity index (χ4v) is 4.22. The largest absolute Gasteiger partial charge is 0.391 e. The number of carbonyl (C=O) groups is 1. The molecule has 1 unspecified atom stereocenters. The van der Waals surface area contributed by atoms with Crippen molar-refractivity contribution in [2.75, 3.05) is 13.1 Å². The molecular formula is C14H13Cl2NO2S. The Kier molecular flexibility index (Phi) is 3.91. The van der Waals surface area contributed by atoms with Gasteiger partial charge in [0.2, 0.25) is 0 Å². The number of benzene rings is 1. The number of carbonyl (C=O) groups excluding carboxylic acids is 1. The van der Waals surface area contributed by atoms with E-state index in [1.807, 2.05) is 12.1 Å². The van der Waals surface area contributed by atoms with Gasteiger partial charge in [-0.25, -0.2) is 0 Å². The lowest BCUT2D eigenvalue weighted by atomic mass is 10.1. The summed E-state index contributed by atoms with van der Waals surface area (Å²) in [4.78, 5) is 14.7. The summed E-state index contributed by atoms with van der Waals surface area (Å²) in [6, 6.07) is 5.41. The summed E-state index contributed by atoms with van der Waals surface area (Å²) in [5.74, 6) is -0.105. The molecule has 1 aromatic heterocycles. The summed E-state index contributed by atoms with van der Waals surface area (Å²) in [5, 5.41) is 11.6. The maximum Gasteiger partial charge on any atom is 0.265 e. The number of nitrogens with zero attached hydrogens (tertiary/aromatic N) is 1. The molecule has 3 nitrogen and oxygen atoms in total. The van der Waals surface area contributed by atoms with Crippen LogP contribution in [-0.4, -0.2) is 35.1 Å². The molecule has 0 aliphatic carbocycles. The Morgan fingerprint density at radius 1 is 1.40 bits per heavy atom. The van der Waals surface area contributed by atoms with Gasteiger partial charge in [-0.1, -0.05) is 29.3 Å². The Labute approximate surface area is 130 Å². The predicted octanol–water partition coefficient (Wildman–Crippen LogP) is 3.81. The van der Waals surface area contributed by atoms with Crippen LogP contribution in [0, 0.1) is 0 Å². The lowest BCUT2D eigenvalue weighted by Crippen LogP contribution is -2.41. The van der Waals surface area contributed by atoms with Gasteiger partial charge >= 0.3 is 0 Å². The van der Waals surface area contributed by atoms with Crippen molar-refractivity contribution in [3.63, 3.8) is 0 Å². The zero-order chi connectivity index (χ0) is 14.3. The van der Waals surface area contributed by atoms with E-state index in [-0.39, 0.29) is 5.91 Å². The third-order valence-electron chi connectivity index (χ3n) is 3.47. The molecule has 0 saturated carbocycles. The average Bonchev–Trinajstić information content (AvgIpc) is 2.74. The van der Waals surface area contributed by atoms with Crippen LogP contribution in [0.1, 0.15) is 22.5 Å². The molecule has 1 aromatic carbocycles. The van der Waals surface area contributed by atoms with Crippen molar-refractivity contribution in [3.05, 3.63) is 33.1 Å². The van der Waals surface area contributed by atoms with Gasteiger partial charge in [0.25, 0.3) is 5.91 Å². The van der Waals surface area contributed by atoms with Crippen molar-refractivity contribution in [3.8, 4) is 0 Å². The molecular weight excluding hydrogens is 317 g/mol. The highest BCUT2D eigenvalue weighted by atomic mass is 35.5. The zero-order valence-electron chi connectivity index (χ0n) is 10.6. The van der Waals surface area contributed by atoms with E-state index in [1.165, 1.54) is 11.3 Å². The molecule has 3 rings (SSSR count). The molecule has 1 N–H and O–H groups in total. The Balaban J connectivity index is 1.97. The van der Waals surface area contributed by atoms with E-state index < -0.39 is 6.10 Å². The minimum atomic E-state index is -0.435. The van der Waals surface area contributed by atoms with Crippen LogP contribution in [0.5, 0.6) is 0 Å². The average molecular weight is 330 g/mol. The Morgan fingerprint density at radius 3 is 2.95 bits per heavy atom. The van der Waals surface area contributed by atoms with Crippen molar-refractivity contribution in [1.29, 1.82) is 0 Å². The maximum absolute atomic E-state index is 12.5. The lowest BCUT2D eigenvalue weighted by Gasteiger charge is -2.29. The number of halogens is 2. The van der Waals surface area contributed by atoms with Crippen LogP contribution >= 0.6 is 34.5 Å². The van der Waals surface area contributed by atoms with E-state index in [2.05, 4.69) is 0 Å². The number of likely N-dealkylation sites (tertiary alicyclic amines) is 1. The standard InChI is InChI=1S/C14H13Cl2NO2S/c15-8-3-4-10-11(6-8)20-13(12(10)16)14(19)17-5-1-2-9(18)7-17/h3-4,6,9,18H,1-2,5,7H2. The summed E-state index contributed by atoms with van der Waals surface area (Å²) in [5.41, 5.74) is 0. The van der Waals surface area contributed by atoms with Gasteiger partial charge in [-0.3, -0.25) is 4.79 Å². The van der Waals surface area contributed by atoms with Gasteiger partial charge in [-0.15, -0.1) is 11.3 Å². The highest BCUT2D eigenvalue weighted by Crippen LogP contribution is 2.37. The number of aliphatic hydroxyl groups excluding tert-OH is 1. The van der Waals surface area contributed by atoms with Crippen LogP contribution in [0.25, 0.3) is 10.1 Å².